The molecule has 1 saturated heterocycles. The van der Waals surface area contributed by atoms with Crippen LogP contribution in [0.2, 0.25) is 0 Å². The topological polar surface area (TPSA) is 102 Å². The van der Waals surface area contributed by atoms with E-state index in [0.717, 1.165) is 45.1 Å². The Morgan fingerprint density at radius 3 is 2.73 bits per heavy atom. The average molecular weight is 482 g/mol. The molecule has 5 rings (SSSR count). The van der Waals surface area contributed by atoms with Crippen LogP contribution in [0.15, 0.2) is 41.7 Å². The van der Waals surface area contributed by atoms with Crippen LogP contribution in [-0.2, 0) is 11.2 Å². The van der Waals surface area contributed by atoms with Gasteiger partial charge in [-0.3, -0.25) is 9.59 Å². The van der Waals surface area contributed by atoms with Crippen molar-refractivity contribution >= 4 is 61.9 Å². The molecule has 1 fully saturated rings. The number of aliphatic carboxylic acids is 1. The van der Waals surface area contributed by atoms with E-state index in [2.05, 4.69) is 27.9 Å². The first-order chi connectivity index (χ1) is 16.0. The van der Waals surface area contributed by atoms with Gasteiger partial charge in [0, 0.05) is 53.7 Å². The number of hydrogen-bond acceptors (Lipinski definition) is 7. The van der Waals surface area contributed by atoms with Gasteiger partial charge in [0.2, 0.25) is 0 Å². The van der Waals surface area contributed by atoms with Crippen LogP contribution >= 0.6 is 23.1 Å². The fourth-order valence-corrected chi connectivity index (χ4v) is 5.61. The molecule has 1 aromatic carbocycles. The lowest BCUT2D eigenvalue weighted by Gasteiger charge is -2.35. The number of amides is 1. The van der Waals surface area contributed by atoms with Crippen molar-refractivity contribution in [1.29, 1.82) is 0 Å². The number of thioether (sulfide) groups is 1. The molecule has 0 spiro atoms. The standard InChI is InChI=1S/C23H23N5O3S2/c1-2-16-12-17-20(25-23(26-21(17)33-16)32-13-19(29)30)27-7-9-28(10-8-27)22(31)15-3-4-18-14(11-15)5-6-24-18/h3-6,11-12,24H,2,7-10,13H2,1H3,(H,29,30). The van der Waals surface area contributed by atoms with Crippen molar-refractivity contribution in [2.24, 2.45) is 0 Å². The molecule has 0 aliphatic carbocycles. The first kappa shape index (κ1) is 21.7. The van der Waals surface area contributed by atoms with E-state index in [-0.39, 0.29) is 11.7 Å². The van der Waals surface area contributed by atoms with Crippen LogP contribution in [0.4, 0.5) is 5.82 Å². The number of carboxylic acids is 1. The zero-order valence-electron chi connectivity index (χ0n) is 18.1. The Bertz CT molecular complexity index is 1340. The van der Waals surface area contributed by atoms with Gasteiger partial charge < -0.3 is 19.9 Å². The number of piperazine rings is 1. The largest absolute Gasteiger partial charge is 0.481 e. The number of carbonyl (C=O) groups excluding carboxylic acids is 1. The fraction of sp³-hybridized carbons (Fsp3) is 0.304. The maximum Gasteiger partial charge on any atom is 0.313 e. The number of carbonyl (C=O) groups is 2. The molecule has 2 N–H and O–H groups in total. The van der Waals surface area contributed by atoms with Crippen LogP contribution in [0.3, 0.4) is 0 Å². The number of aryl methyl sites for hydroxylation is 1. The Hall–Kier alpha value is -3.11. The Balaban J connectivity index is 1.36. The third-order valence-electron chi connectivity index (χ3n) is 5.74. The van der Waals surface area contributed by atoms with E-state index in [4.69, 9.17) is 10.1 Å². The van der Waals surface area contributed by atoms with Crippen LogP contribution < -0.4 is 4.90 Å². The summed E-state index contributed by atoms with van der Waals surface area (Å²) in [4.78, 5) is 42.7. The van der Waals surface area contributed by atoms with Crippen molar-refractivity contribution in [3.05, 3.63) is 47.0 Å². The molecule has 1 aliphatic rings. The van der Waals surface area contributed by atoms with Crippen molar-refractivity contribution < 1.29 is 14.7 Å². The number of hydrogen-bond donors (Lipinski definition) is 2. The number of anilines is 1. The summed E-state index contributed by atoms with van der Waals surface area (Å²) in [5.41, 5.74) is 1.71. The molecule has 0 atom stereocenters. The Morgan fingerprint density at radius 1 is 1.15 bits per heavy atom. The Labute approximate surface area is 198 Å². The van der Waals surface area contributed by atoms with Gasteiger partial charge in [-0.15, -0.1) is 11.3 Å². The first-order valence-electron chi connectivity index (χ1n) is 10.8. The fourth-order valence-electron chi connectivity index (χ4n) is 4.03. The van der Waals surface area contributed by atoms with E-state index in [1.807, 2.05) is 35.4 Å². The minimum Gasteiger partial charge on any atom is -0.481 e. The molecule has 4 heterocycles. The zero-order valence-corrected chi connectivity index (χ0v) is 19.7. The van der Waals surface area contributed by atoms with Gasteiger partial charge in [-0.1, -0.05) is 18.7 Å². The smallest absolute Gasteiger partial charge is 0.313 e. The molecule has 3 aromatic heterocycles. The van der Waals surface area contributed by atoms with E-state index in [1.54, 1.807) is 11.3 Å². The SMILES string of the molecule is CCc1cc2c(N3CCN(C(=O)c4ccc5[nH]ccc5c4)CC3)nc(SCC(=O)O)nc2s1. The summed E-state index contributed by atoms with van der Waals surface area (Å²) in [5, 5.41) is 11.5. The highest BCUT2D eigenvalue weighted by Crippen LogP contribution is 2.34. The van der Waals surface area contributed by atoms with E-state index in [0.29, 0.717) is 36.9 Å². The highest BCUT2D eigenvalue weighted by atomic mass is 32.2. The summed E-state index contributed by atoms with van der Waals surface area (Å²) in [7, 11) is 0. The normalized spacial score (nSPS) is 14.3. The second kappa shape index (κ2) is 9.03. The molecule has 8 nitrogen and oxygen atoms in total. The van der Waals surface area contributed by atoms with Crippen molar-refractivity contribution in [3.63, 3.8) is 0 Å². The van der Waals surface area contributed by atoms with Gasteiger partial charge >= 0.3 is 5.97 Å². The summed E-state index contributed by atoms with van der Waals surface area (Å²) < 4.78 is 0. The maximum absolute atomic E-state index is 13.1. The summed E-state index contributed by atoms with van der Waals surface area (Å²) in [6, 6.07) is 9.83. The predicted octanol–water partition coefficient (Wildman–Crippen LogP) is 3.87. The predicted molar refractivity (Wildman–Crippen MR) is 132 cm³/mol. The lowest BCUT2D eigenvalue weighted by Crippen LogP contribution is -2.49. The molecular formula is C23H23N5O3S2. The average Bonchev–Trinajstić information content (AvgIpc) is 3.48. The number of nitrogens with zero attached hydrogens (tertiary/aromatic N) is 4. The molecule has 0 bridgehead atoms. The molecule has 10 heteroatoms. The van der Waals surface area contributed by atoms with Gasteiger partial charge in [-0.2, -0.15) is 0 Å². The number of aromatic nitrogens is 3. The van der Waals surface area contributed by atoms with Crippen LogP contribution in [-0.4, -0.2) is 68.8 Å². The lowest BCUT2D eigenvalue weighted by atomic mass is 10.1. The summed E-state index contributed by atoms with van der Waals surface area (Å²) >= 11 is 2.76. The minimum absolute atomic E-state index is 0.0343. The van der Waals surface area contributed by atoms with Crippen molar-refractivity contribution in [3.8, 4) is 0 Å². The molecule has 0 saturated carbocycles. The van der Waals surface area contributed by atoms with E-state index in [1.165, 1.54) is 4.88 Å². The molecule has 4 aromatic rings. The number of rotatable bonds is 6. The molecule has 33 heavy (non-hydrogen) atoms. The number of aromatic amines is 1. The highest BCUT2D eigenvalue weighted by molar-refractivity contribution is 7.99. The molecule has 0 unspecified atom stereocenters. The monoisotopic (exact) mass is 481 g/mol. The van der Waals surface area contributed by atoms with Gasteiger partial charge in [0.15, 0.2) is 5.16 Å². The van der Waals surface area contributed by atoms with Crippen molar-refractivity contribution in [2.75, 3.05) is 36.8 Å². The summed E-state index contributed by atoms with van der Waals surface area (Å²) in [6.45, 7) is 4.61. The van der Waals surface area contributed by atoms with Crippen LogP contribution in [0.25, 0.3) is 21.1 Å². The van der Waals surface area contributed by atoms with Gasteiger partial charge in [-0.05, 0) is 36.8 Å². The van der Waals surface area contributed by atoms with E-state index in [9.17, 15) is 9.59 Å². The van der Waals surface area contributed by atoms with Crippen molar-refractivity contribution in [1.82, 2.24) is 19.9 Å². The van der Waals surface area contributed by atoms with Gasteiger partial charge in [0.25, 0.3) is 5.91 Å². The second-order valence-corrected chi connectivity index (χ2v) is 9.91. The van der Waals surface area contributed by atoms with E-state index < -0.39 is 5.97 Å². The van der Waals surface area contributed by atoms with E-state index >= 15 is 0 Å². The van der Waals surface area contributed by atoms with Crippen molar-refractivity contribution in [2.45, 2.75) is 18.5 Å². The number of thiophene rings is 1. The third-order valence-corrected chi connectivity index (χ3v) is 7.75. The quantitative estimate of drug-likeness (QED) is 0.318. The third kappa shape index (κ3) is 4.40. The molecule has 1 amide bonds. The maximum atomic E-state index is 13.1. The minimum atomic E-state index is -0.893. The Morgan fingerprint density at radius 2 is 1.97 bits per heavy atom. The van der Waals surface area contributed by atoms with Gasteiger partial charge in [0.05, 0.1) is 11.1 Å². The number of nitrogens with one attached hydrogen (secondary N) is 1. The molecule has 170 valence electrons. The number of benzene rings is 1. The summed E-state index contributed by atoms with van der Waals surface area (Å²) in [6.07, 6.45) is 2.78. The summed E-state index contributed by atoms with van der Waals surface area (Å²) in [5.74, 6) is -0.113. The zero-order chi connectivity index (χ0) is 22.9. The first-order valence-corrected chi connectivity index (χ1v) is 12.6. The number of carboxylic acid groups (broad SMARTS) is 1. The lowest BCUT2D eigenvalue weighted by molar-refractivity contribution is -0.133. The molecular weight excluding hydrogens is 458 g/mol. The second-order valence-electron chi connectivity index (χ2n) is 7.86. The van der Waals surface area contributed by atoms with Gasteiger partial charge in [0.1, 0.15) is 10.6 Å². The van der Waals surface area contributed by atoms with Crippen LogP contribution in [0, 0.1) is 0 Å². The Kier molecular flexibility index (Phi) is 5.94. The van der Waals surface area contributed by atoms with Crippen LogP contribution in [0.1, 0.15) is 22.2 Å². The molecule has 1 aliphatic heterocycles. The highest BCUT2D eigenvalue weighted by Gasteiger charge is 2.25. The van der Waals surface area contributed by atoms with Crippen LogP contribution in [0.5, 0.6) is 0 Å². The number of fused-ring (bicyclic) bond motifs is 2. The number of H-pyrrole nitrogens is 1. The molecule has 0 radical (unpaired) electrons. The van der Waals surface area contributed by atoms with Gasteiger partial charge in [-0.25, -0.2) is 9.97 Å².